The van der Waals surface area contributed by atoms with Gasteiger partial charge in [0.25, 0.3) is 0 Å². The van der Waals surface area contributed by atoms with Crippen molar-refractivity contribution in [1.29, 1.82) is 0 Å². The summed E-state index contributed by atoms with van der Waals surface area (Å²) >= 11 is 0. The van der Waals surface area contributed by atoms with Crippen LogP contribution in [-0.2, 0) is 12.8 Å². The largest absolute Gasteiger partial charge is 0.294 e. The summed E-state index contributed by atoms with van der Waals surface area (Å²) < 4.78 is 0. The van der Waals surface area contributed by atoms with Crippen molar-refractivity contribution in [1.82, 2.24) is 0 Å². The summed E-state index contributed by atoms with van der Waals surface area (Å²) in [6.07, 6.45) is 15.8. The zero-order valence-corrected chi connectivity index (χ0v) is 22.3. The Bertz CT molecular complexity index is 1370. The van der Waals surface area contributed by atoms with Gasteiger partial charge in [0.05, 0.1) is 11.6 Å². The van der Waals surface area contributed by atoms with Gasteiger partial charge in [0, 0.05) is 41.7 Å². The first-order valence-electron chi connectivity index (χ1n) is 13.7. The van der Waals surface area contributed by atoms with Crippen LogP contribution < -0.4 is 0 Å². The first-order chi connectivity index (χ1) is 18.0. The minimum atomic E-state index is 0.0905. The van der Waals surface area contributed by atoms with Crippen LogP contribution in [0.4, 0.5) is 0 Å². The molecule has 2 aromatic carbocycles. The fraction of sp³-hybridized carbons (Fsp3) is 0.382. The third-order valence-corrected chi connectivity index (χ3v) is 8.30. The Morgan fingerprint density at radius 1 is 0.973 bits per heavy atom. The van der Waals surface area contributed by atoms with Gasteiger partial charge in [-0.05, 0) is 73.3 Å². The number of ketones is 1. The highest BCUT2D eigenvalue weighted by atomic mass is 16.1. The molecule has 2 heterocycles. The van der Waals surface area contributed by atoms with E-state index in [2.05, 4.69) is 53.9 Å². The fourth-order valence-corrected chi connectivity index (χ4v) is 5.75. The van der Waals surface area contributed by atoms with E-state index in [-0.39, 0.29) is 11.7 Å². The van der Waals surface area contributed by atoms with Crippen LogP contribution in [0.25, 0.3) is 0 Å². The second kappa shape index (κ2) is 11.3. The van der Waals surface area contributed by atoms with Crippen LogP contribution in [0.2, 0.25) is 0 Å². The van der Waals surface area contributed by atoms with E-state index in [0.29, 0.717) is 12.0 Å². The standard InChI is InChI=1S/C34H36N2O/c1-4-25-6-8-26(9-7-25)18-28-12-10-27(17-24(28)3)19-34(37)30-11-5-23(2)29(20-30)13-14-31-21-36-33-22-35-16-15-32(31)33/h5,10-12,15-17,20-22,25-26,32H,4,6-9,18-19H2,1-3H3. The number of nitrogens with zero attached hydrogens (tertiary/aromatic N) is 2. The monoisotopic (exact) mass is 488 g/mol. The van der Waals surface area contributed by atoms with E-state index in [1.54, 1.807) is 12.4 Å². The first kappa shape index (κ1) is 25.2. The number of hydrogen-bond acceptors (Lipinski definition) is 3. The van der Waals surface area contributed by atoms with Crippen LogP contribution in [0, 0.1) is 43.4 Å². The number of carbonyl (C=O) groups excluding carboxylic acids is 1. The molecule has 0 radical (unpaired) electrons. The van der Waals surface area contributed by atoms with E-state index < -0.39 is 0 Å². The lowest BCUT2D eigenvalue weighted by Crippen LogP contribution is -2.16. The highest BCUT2D eigenvalue weighted by Crippen LogP contribution is 2.33. The van der Waals surface area contributed by atoms with Gasteiger partial charge in [-0.1, -0.05) is 74.4 Å². The van der Waals surface area contributed by atoms with Crippen LogP contribution in [-0.4, -0.2) is 17.7 Å². The second-order valence-corrected chi connectivity index (χ2v) is 10.9. The number of allylic oxidation sites excluding steroid dienone is 2. The Labute approximate surface area is 221 Å². The van der Waals surface area contributed by atoms with Crippen LogP contribution in [0.5, 0.6) is 0 Å². The van der Waals surface area contributed by atoms with Gasteiger partial charge < -0.3 is 0 Å². The lowest BCUT2D eigenvalue weighted by atomic mass is 9.78. The van der Waals surface area contributed by atoms with Gasteiger partial charge in [-0.3, -0.25) is 14.8 Å². The molecule has 1 fully saturated rings. The van der Waals surface area contributed by atoms with Crippen LogP contribution in [0.15, 0.2) is 70.4 Å². The third-order valence-electron chi connectivity index (χ3n) is 8.30. The van der Waals surface area contributed by atoms with Crippen molar-refractivity contribution in [2.75, 3.05) is 0 Å². The van der Waals surface area contributed by atoms with Crippen LogP contribution >= 0.6 is 0 Å². The van der Waals surface area contributed by atoms with Crippen molar-refractivity contribution < 1.29 is 4.79 Å². The molecule has 2 aliphatic heterocycles. The van der Waals surface area contributed by atoms with Crippen LogP contribution in [0.3, 0.4) is 0 Å². The van der Waals surface area contributed by atoms with Crippen molar-refractivity contribution in [3.63, 3.8) is 0 Å². The van der Waals surface area contributed by atoms with E-state index in [9.17, 15) is 4.79 Å². The molecule has 0 spiro atoms. The molecule has 3 heteroatoms. The molecule has 2 aromatic rings. The number of hydrogen-bond donors (Lipinski definition) is 0. The van der Waals surface area contributed by atoms with E-state index in [4.69, 9.17) is 0 Å². The predicted molar refractivity (Wildman–Crippen MR) is 153 cm³/mol. The van der Waals surface area contributed by atoms with Gasteiger partial charge in [0.15, 0.2) is 5.78 Å². The zero-order chi connectivity index (χ0) is 25.8. The number of benzene rings is 2. The second-order valence-electron chi connectivity index (χ2n) is 10.9. The van der Waals surface area contributed by atoms with E-state index in [1.807, 2.05) is 37.4 Å². The molecule has 0 saturated heterocycles. The average molecular weight is 489 g/mol. The van der Waals surface area contributed by atoms with Gasteiger partial charge in [-0.2, -0.15) is 0 Å². The SMILES string of the molecule is CCC1CCC(Cc2ccc(CC(=O)c3ccc(C)c(C#CC4=CN=C5C=NC=CC45)c3)cc2C)CC1. The maximum atomic E-state index is 13.2. The minimum Gasteiger partial charge on any atom is -0.294 e. The third kappa shape index (κ3) is 5.91. The Morgan fingerprint density at radius 2 is 1.78 bits per heavy atom. The van der Waals surface area contributed by atoms with E-state index in [1.165, 1.54) is 49.7 Å². The number of carbonyl (C=O) groups is 1. The zero-order valence-electron chi connectivity index (χ0n) is 22.3. The highest BCUT2D eigenvalue weighted by Gasteiger charge is 2.22. The molecule has 188 valence electrons. The molecule has 37 heavy (non-hydrogen) atoms. The summed E-state index contributed by atoms with van der Waals surface area (Å²) in [5.74, 6) is 8.53. The van der Waals surface area contributed by atoms with E-state index in [0.717, 1.165) is 39.8 Å². The van der Waals surface area contributed by atoms with Crippen molar-refractivity contribution in [3.8, 4) is 11.8 Å². The molecular formula is C34H36N2O. The van der Waals surface area contributed by atoms with Gasteiger partial charge in [0.1, 0.15) is 0 Å². The molecule has 1 atom stereocenters. The van der Waals surface area contributed by atoms with Crippen LogP contribution in [0.1, 0.15) is 77.2 Å². The fourth-order valence-electron chi connectivity index (χ4n) is 5.75. The number of fused-ring (bicyclic) bond motifs is 1. The topological polar surface area (TPSA) is 41.8 Å². The molecule has 5 rings (SSSR count). The quantitative estimate of drug-likeness (QED) is 0.309. The smallest absolute Gasteiger partial charge is 0.167 e. The molecule has 1 aliphatic carbocycles. The van der Waals surface area contributed by atoms with Gasteiger partial charge in [0.2, 0.25) is 0 Å². The Hall–Kier alpha value is -3.51. The number of aryl methyl sites for hydroxylation is 2. The van der Waals surface area contributed by atoms with Crippen molar-refractivity contribution in [3.05, 3.63) is 93.8 Å². The van der Waals surface area contributed by atoms with Gasteiger partial charge in [-0.15, -0.1) is 0 Å². The Morgan fingerprint density at radius 3 is 2.57 bits per heavy atom. The number of Topliss-reactive ketones (excluding diaryl/α,β-unsaturated/α-hetero) is 1. The van der Waals surface area contributed by atoms with Crippen molar-refractivity contribution in [2.24, 2.45) is 27.7 Å². The molecular weight excluding hydrogens is 452 g/mol. The predicted octanol–water partition coefficient (Wildman–Crippen LogP) is 7.39. The summed E-state index contributed by atoms with van der Waals surface area (Å²) in [6, 6.07) is 12.5. The number of aliphatic imine (C=N–C) groups is 2. The Kier molecular flexibility index (Phi) is 7.65. The molecule has 1 saturated carbocycles. The summed E-state index contributed by atoms with van der Waals surface area (Å²) in [7, 11) is 0. The van der Waals surface area contributed by atoms with Gasteiger partial charge in [-0.25, -0.2) is 0 Å². The van der Waals surface area contributed by atoms with E-state index >= 15 is 0 Å². The highest BCUT2D eigenvalue weighted by molar-refractivity contribution is 6.34. The lowest BCUT2D eigenvalue weighted by molar-refractivity contribution is 0.0993. The number of rotatable bonds is 6. The molecule has 3 nitrogen and oxygen atoms in total. The maximum absolute atomic E-state index is 13.2. The van der Waals surface area contributed by atoms with Crippen molar-refractivity contribution in [2.45, 2.75) is 65.7 Å². The molecule has 0 amide bonds. The van der Waals surface area contributed by atoms with Crippen molar-refractivity contribution >= 4 is 17.7 Å². The lowest BCUT2D eigenvalue weighted by Gasteiger charge is -2.28. The Balaban J connectivity index is 1.23. The molecule has 1 unspecified atom stereocenters. The molecule has 0 bridgehead atoms. The summed E-state index contributed by atoms with van der Waals surface area (Å²) in [5, 5.41) is 0. The maximum Gasteiger partial charge on any atom is 0.167 e. The summed E-state index contributed by atoms with van der Waals surface area (Å²) in [6.45, 7) is 6.55. The molecule has 0 N–H and O–H groups in total. The molecule has 0 aromatic heterocycles. The summed E-state index contributed by atoms with van der Waals surface area (Å²) in [4.78, 5) is 21.8. The first-order valence-corrected chi connectivity index (χ1v) is 13.7. The normalized spacial score (nSPS) is 22.1. The minimum absolute atomic E-state index is 0.0905. The molecule has 3 aliphatic rings. The average Bonchev–Trinajstić information content (AvgIpc) is 3.33. The van der Waals surface area contributed by atoms with Gasteiger partial charge >= 0.3 is 0 Å². The summed E-state index contributed by atoms with van der Waals surface area (Å²) in [5.41, 5.74) is 8.39.